The van der Waals surface area contributed by atoms with Crippen molar-refractivity contribution in [1.29, 1.82) is 0 Å². The lowest BCUT2D eigenvalue weighted by atomic mass is 10.1. The van der Waals surface area contributed by atoms with Crippen LogP contribution in [-0.2, 0) is 0 Å². The lowest BCUT2D eigenvalue weighted by molar-refractivity contribution is 0.404. The van der Waals surface area contributed by atoms with E-state index in [0.29, 0.717) is 28.3 Å². The monoisotopic (exact) mass is 303 g/mol. The molecule has 0 atom stereocenters. The number of aryl methyl sites for hydroxylation is 1. The fourth-order valence-corrected chi connectivity index (χ4v) is 2.62. The maximum absolute atomic E-state index is 12.7. The van der Waals surface area contributed by atoms with Gasteiger partial charge in [-0.05, 0) is 19.1 Å². The second-order valence-electron chi connectivity index (χ2n) is 5.23. The van der Waals surface area contributed by atoms with Gasteiger partial charge in [-0.2, -0.15) is 0 Å². The van der Waals surface area contributed by atoms with Crippen molar-refractivity contribution in [2.24, 2.45) is 0 Å². The van der Waals surface area contributed by atoms with E-state index >= 15 is 0 Å². The second-order valence-corrected chi connectivity index (χ2v) is 5.23. The third-order valence-corrected chi connectivity index (χ3v) is 3.73. The molecule has 23 heavy (non-hydrogen) atoms. The molecule has 2 heterocycles. The molecule has 0 bridgehead atoms. The van der Waals surface area contributed by atoms with Crippen molar-refractivity contribution in [2.75, 3.05) is 0 Å². The number of aromatic nitrogens is 3. The van der Waals surface area contributed by atoms with Crippen LogP contribution in [0, 0.1) is 6.92 Å². The lowest BCUT2D eigenvalue weighted by Crippen LogP contribution is -2.21. The van der Waals surface area contributed by atoms with Gasteiger partial charge in [0.25, 0.3) is 5.56 Å². The van der Waals surface area contributed by atoms with Crippen LogP contribution in [0.4, 0.5) is 0 Å². The van der Waals surface area contributed by atoms with Crippen molar-refractivity contribution < 1.29 is 4.52 Å². The molecule has 5 heteroatoms. The first-order valence-corrected chi connectivity index (χ1v) is 7.25. The Bertz CT molecular complexity index is 1050. The first-order valence-electron chi connectivity index (χ1n) is 7.25. The van der Waals surface area contributed by atoms with Crippen molar-refractivity contribution in [1.82, 2.24) is 14.7 Å². The average Bonchev–Trinajstić information content (AvgIpc) is 3.05. The molecule has 0 aliphatic carbocycles. The van der Waals surface area contributed by atoms with Crippen molar-refractivity contribution in [3.8, 4) is 17.1 Å². The summed E-state index contributed by atoms with van der Waals surface area (Å²) in [5.74, 6) is 0.925. The first-order chi connectivity index (χ1) is 11.2. The normalized spacial score (nSPS) is 11.0. The molecule has 0 aliphatic heterocycles. The summed E-state index contributed by atoms with van der Waals surface area (Å²) in [6, 6.07) is 18.7. The molecule has 0 spiro atoms. The van der Waals surface area contributed by atoms with Crippen LogP contribution in [-0.4, -0.2) is 14.7 Å². The van der Waals surface area contributed by atoms with Crippen molar-refractivity contribution >= 4 is 10.9 Å². The van der Waals surface area contributed by atoms with Gasteiger partial charge in [0.05, 0.1) is 10.9 Å². The molecule has 2 aromatic carbocycles. The van der Waals surface area contributed by atoms with Gasteiger partial charge in [0.15, 0.2) is 0 Å². The van der Waals surface area contributed by atoms with E-state index in [1.807, 2.05) is 48.5 Å². The summed E-state index contributed by atoms with van der Waals surface area (Å²) in [6.07, 6.45) is 0. The summed E-state index contributed by atoms with van der Waals surface area (Å²) in [5, 5.41) is 4.61. The van der Waals surface area contributed by atoms with E-state index in [-0.39, 0.29) is 5.56 Å². The van der Waals surface area contributed by atoms with Crippen LogP contribution >= 0.6 is 0 Å². The van der Waals surface area contributed by atoms with Crippen molar-refractivity contribution in [3.05, 3.63) is 76.8 Å². The van der Waals surface area contributed by atoms with Crippen LogP contribution in [0.25, 0.3) is 28.0 Å². The first kappa shape index (κ1) is 13.5. The summed E-state index contributed by atoms with van der Waals surface area (Å²) in [4.78, 5) is 17.2. The summed E-state index contributed by atoms with van der Waals surface area (Å²) < 4.78 is 6.83. The van der Waals surface area contributed by atoms with Gasteiger partial charge in [-0.3, -0.25) is 4.79 Å². The van der Waals surface area contributed by atoms with Crippen LogP contribution in [0.15, 0.2) is 70.0 Å². The number of benzene rings is 2. The number of para-hydroxylation sites is 1. The van der Waals surface area contributed by atoms with Gasteiger partial charge in [0, 0.05) is 11.6 Å². The quantitative estimate of drug-likeness (QED) is 0.570. The smallest absolute Gasteiger partial charge is 0.268 e. The number of hydrogen-bond donors (Lipinski definition) is 0. The van der Waals surface area contributed by atoms with Gasteiger partial charge in [-0.25, -0.2) is 9.55 Å². The predicted molar refractivity (Wildman–Crippen MR) is 87.6 cm³/mol. The molecular weight excluding hydrogens is 290 g/mol. The second kappa shape index (κ2) is 5.21. The molecule has 0 saturated carbocycles. The molecule has 0 N–H and O–H groups in total. The SMILES string of the molecule is Cc1nc2ccccc2c(=O)n1-c1cc(-c2ccccc2)no1. The lowest BCUT2D eigenvalue weighted by Gasteiger charge is -2.06. The average molecular weight is 303 g/mol. The highest BCUT2D eigenvalue weighted by Crippen LogP contribution is 2.21. The molecule has 0 saturated heterocycles. The summed E-state index contributed by atoms with van der Waals surface area (Å²) >= 11 is 0. The Balaban J connectivity index is 1.90. The zero-order valence-electron chi connectivity index (χ0n) is 12.4. The van der Waals surface area contributed by atoms with Crippen LogP contribution in [0.1, 0.15) is 5.82 Å². The minimum absolute atomic E-state index is 0.163. The van der Waals surface area contributed by atoms with E-state index in [2.05, 4.69) is 10.1 Å². The summed E-state index contributed by atoms with van der Waals surface area (Å²) in [5.41, 5.74) is 2.12. The molecule has 112 valence electrons. The van der Waals surface area contributed by atoms with Gasteiger partial charge in [0.1, 0.15) is 11.5 Å². The van der Waals surface area contributed by atoms with Crippen LogP contribution in [0.5, 0.6) is 0 Å². The molecule has 0 unspecified atom stereocenters. The third-order valence-electron chi connectivity index (χ3n) is 3.73. The fraction of sp³-hybridized carbons (Fsp3) is 0.0556. The Morgan fingerprint density at radius 2 is 1.74 bits per heavy atom. The Morgan fingerprint density at radius 1 is 1.00 bits per heavy atom. The topological polar surface area (TPSA) is 60.9 Å². The maximum Gasteiger partial charge on any atom is 0.268 e. The summed E-state index contributed by atoms with van der Waals surface area (Å²) in [7, 11) is 0. The standard InChI is InChI=1S/C18H13N3O2/c1-12-19-15-10-6-5-9-14(15)18(22)21(12)17-11-16(20-23-17)13-7-3-2-4-8-13/h2-11H,1H3. The molecule has 0 aliphatic rings. The van der Waals surface area contributed by atoms with E-state index in [1.54, 1.807) is 19.1 Å². The molecule has 0 amide bonds. The van der Waals surface area contributed by atoms with Crippen LogP contribution in [0.2, 0.25) is 0 Å². The molecule has 4 rings (SSSR count). The van der Waals surface area contributed by atoms with E-state index in [0.717, 1.165) is 5.56 Å². The van der Waals surface area contributed by atoms with Crippen molar-refractivity contribution in [3.63, 3.8) is 0 Å². The minimum Gasteiger partial charge on any atom is -0.337 e. The molecular formula is C18H13N3O2. The van der Waals surface area contributed by atoms with Crippen LogP contribution in [0.3, 0.4) is 0 Å². The Morgan fingerprint density at radius 3 is 2.57 bits per heavy atom. The highest BCUT2D eigenvalue weighted by Gasteiger charge is 2.14. The Kier molecular flexibility index (Phi) is 3.05. The molecule has 2 aromatic heterocycles. The minimum atomic E-state index is -0.163. The number of rotatable bonds is 2. The molecule has 0 radical (unpaired) electrons. The van der Waals surface area contributed by atoms with E-state index < -0.39 is 0 Å². The molecule has 0 fully saturated rings. The maximum atomic E-state index is 12.7. The zero-order valence-corrected chi connectivity index (χ0v) is 12.4. The highest BCUT2D eigenvalue weighted by molar-refractivity contribution is 5.77. The fourth-order valence-electron chi connectivity index (χ4n) is 2.62. The van der Waals surface area contributed by atoms with Gasteiger partial charge < -0.3 is 4.52 Å². The predicted octanol–water partition coefficient (Wildman–Crippen LogP) is 3.35. The Labute approximate surface area is 131 Å². The largest absolute Gasteiger partial charge is 0.337 e. The van der Waals surface area contributed by atoms with Gasteiger partial charge in [0.2, 0.25) is 5.88 Å². The number of hydrogen-bond acceptors (Lipinski definition) is 4. The highest BCUT2D eigenvalue weighted by atomic mass is 16.5. The van der Waals surface area contributed by atoms with Gasteiger partial charge >= 0.3 is 0 Å². The van der Waals surface area contributed by atoms with Crippen LogP contribution < -0.4 is 5.56 Å². The summed E-state index contributed by atoms with van der Waals surface area (Å²) in [6.45, 7) is 1.78. The van der Waals surface area contributed by atoms with E-state index in [1.165, 1.54) is 4.57 Å². The van der Waals surface area contributed by atoms with E-state index in [4.69, 9.17) is 4.52 Å². The van der Waals surface area contributed by atoms with Gasteiger partial charge in [-0.1, -0.05) is 47.6 Å². The number of nitrogens with zero attached hydrogens (tertiary/aromatic N) is 3. The Hall–Kier alpha value is -3.21. The molecule has 4 aromatic rings. The van der Waals surface area contributed by atoms with Crippen molar-refractivity contribution in [2.45, 2.75) is 6.92 Å². The zero-order chi connectivity index (χ0) is 15.8. The molecule has 5 nitrogen and oxygen atoms in total. The van der Waals surface area contributed by atoms with E-state index in [9.17, 15) is 4.79 Å². The third kappa shape index (κ3) is 2.23. The number of fused-ring (bicyclic) bond motifs is 1. The van der Waals surface area contributed by atoms with Gasteiger partial charge in [-0.15, -0.1) is 0 Å².